The van der Waals surface area contributed by atoms with Crippen molar-refractivity contribution in [3.63, 3.8) is 0 Å². The molecule has 0 aliphatic heterocycles. The summed E-state index contributed by atoms with van der Waals surface area (Å²) < 4.78 is 0. The van der Waals surface area contributed by atoms with Gasteiger partial charge in [-0.1, -0.05) is 5.92 Å². The number of nitrogens with two attached hydrogens (primary N) is 1. The van der Waals surface area contributed by atoms with E-state index in [2.05, 4.69) is 16.2 Å². The van der Waals surface area contributed by atoms with Gasteiger partial charge < -0.3 is 11.1 Å². The standard InChI is InChI=1S/C7H13N3/c1-5-7(2,3)10-6(8)9-4/h1H,2-4H3,(H3,8,9,10). The van der Waals surface area contributed by atoms with Crippen molar-refractivity contribution >= 4 is 5.96 Å². The van der Waals surface area contributed by atoms with E-state index in [1.165, 1.54) is 0 Å². The highest BCUT2D eigenvalue weighted by Crippen LogP contribution is 1.96. The van der Waals surface area contributed by atoms with Gasteiger partial charge in [0.15, 0.2) is 5.96 Å². The molecule has 56 valence electrons. The second-order valence-corrected chi connectivity index (χ2v) is 2.50. The van der Waals surface area contributed by atoms with E-state index in [-0.39, 0.29) is 0 Å². The maximum atomic E-state index is 5.38. The van der Waals surface area contributed by atoms with Crippen molar-refractivity contribution in [1.29, 1.82) is 0 Å². The molecule has 0 rings (SSSR count). The smallest absolute Gasteiger partial charge is 0.189 e. The molecule has 0 aliphatic carbocycles. The summed E-state index contributed by atoms with van der Waals surface area (Å²) in [6.45, 7) is 3.70. The molecule has 0 amide bonds. The molecule has 0 bridgehead atoms. The number of nitrogens with zero attached hydrogens (tertiary/aromatic N) is 1. The molecule has 0 aromatic heterocycles. The largest absolute Gasteiger partial charge is 0.370 e. The van der Waals surface area contributed by atoms with E-state index >= 15 is 0 Å². The topological polar surface area (TPSA) is 50.4 Å². The summed E-state index contributed by atoms with van der Waals surface area (Å²) in [6, 6.07) is 0. The van der Waals surface area contributed by atoms with Crippen LogP contribution in [0.1, 0.15) is 13.8 Å². The molecule has 0 unspecified atom stereocenters. The third-order valence-corrected chi connectivity index (χ3v) is 1.04. The number of hydrogen-bond acceptors (Lipinski definition) is 1. The third kappa shape index (κ3) is 2.98. The molecule has 0 fully saturated rings. The molecular weight excluding hydrogens is 126 g/mol. The van der Waals surface area contributed by atoms with Crippen LogP contribution in [0.3, 0.4) is 0 Å². The van der Waals surface area contributed by atoms with Crippen molar-refractivity contribution in [2.24, 2.45) is 10.7 Å². The van der Waals surface area contributed by atoms with Crippen LogP contribution in [0.25, 0.3) is 0 Å². The van der Waals surface area contributed by atoms with Gasteiger partial charge in [-0.25, -0.2) is 0 Å². The zero-order valence-corrected chi connectivity index (χ0v) is 6.60. The average Bonchev–Trinajstić information content (AvgIpc) is 1.87. The minimum Gasteiger partial charge on any atom is -0.370 e. The molecule has 10 heavy (non-hydrogen) atoms. The molecular formula is C7H13N3. The number of terminal acetylenes is 1. The van der Waals surface area contributed by atoms with Crippen molar-refractivity contribution in [3.05, 3.63) is 0 Å². The molecule has 0 aliphatic rings. The Kier molecular flexibility index (Phi) is 2.75. The van der Waals surface area contributed by atoms with Crippen LogP contribution < -0.4 is 11.1 Å². The fourth-order valence-corrected chi connectivity index (χ4v) is 0.412. The van der Waals surface area contributed by atoms with E-state index < -0.39 is 5.54 Å². The lowest BCUT2D eigenvalue weighted by Gasteiger charge is -2.19. The van der Waals surface area contributed by atoms with Crippen LogP contribution in [0.15, 0.2) is 4.99 Å². The third-order valence-electron chi connectivity index (χ3n) is 1.04. The predicted octanol–water partition coefficient (Wildman–Crippen LogP) is -0.0677. The van der Waals surface area contributed by atoms with Crippen molar-refractivity contribution < 1.29 is 0 Å². The van der Waals surface area contributed by atoms with Crippen LogP contribution in [-0.2, 0) is 0 Å². The van der Waals surface area contributed by atoms with Crippen molar-refractivity contribution in [2.75, 3.05) is 7.05 Å². The fourth-order valence-electron chi connectivity index (χ4n) is 0.412. The van der Waals surface area contributed by atoms with Crippen LogP contribution in [-0.4, -0.2) is 18.5 Å². The molecule has 0 aromatic carbocycles. The first kappa shape index (κ1) is 8.83. The summed E-state index contributed by atoms with van der Waals surface area (Å²) in [5.41, 5.74) is 4.96. The van der Waals surface area contributed by atoms with E-state index in [1.54, 1.807) is 7.05 Å². The molecule has 0 heterocycles. The fraction of sp³-hybridized carbons (Fsp3) is 0.571. The first-order valence-corrected chi connectivity index (χ1v) is 3.00. The highest BCUT2D eigenvalue weighted by molar-refractivity contribution is 5.78. The lowest BCUT2D eigenvalue weighted by atomic mass is 10.1. The van der Waals surface area contributed by atoms with Crippen LogP contribution in [0, 0.1) is 12.3 Å². The Labute approximate surface area is 61.7 Å². The van der Waals surface area contributed by atoms with Gasteiger partial charge >= 0.3 is 0 Å². The highest BCUT2D eigenvalue weighted by Gasteiger charge is 2.12. The van der Waals surface area contributed by atoms with Crippen LogP contribution in [0.2, 0.25) is 0 Å². The lowest BCUT2D eigenvalue weighted by molar-refractivity contribution is 0.596. The number of nitrogens with one attached hydrogen (secondary N) is 1. The molecule has 3 N–H and O–H groups in total. The Bertz CT molecular complexity index is 174. The zero-order valence-electron chi connectivity index (χ0n) is 6.60. The van der Waals surface area contributed by atoms with Crippen LogP contribution in [0.4, 0.5) is 0 Å². The summed E-state index contributed by atoms with van der Waals surface area (Å²) >= 11 is 0. The molecule has 0 saturated carbocycles. The summed E-state index contributed by atoms with van der Waals surface area (Å²) in [4.78, 5) is 3.71. The van der Waals surface area contributed by atoms with Crippen molar-refractivity contribution in [1.82, 2.24) is 5.32 Å². The van der Waals surface area contributed by atoms with Gasteiger partial charge in [0.25, 0.3) is 0 Å². The Morgan fingerprint density at radius 3 is 2.50 bits per heavy atom. The van der Waals surface area contributed by atoms with Gasteiger partial charge in [-0.05, 0) is 13.8 Å². The number of aliphatic imine (C=N–C) groups is 1. The Balaban J connectivity index is 4.05. The molecule has 3 nitrogen and oxygen atoms in total. The van der Waals surface area contributed by atoms with Gasteiger partial charge in [-0.15, -0.1) is 6.42 Å². The van der Waals surface area contributed by atoms with E-state index in [9.17, 15) is 0 Å². The summed E-state index contributed by atoms with van der Waals surface area (Å²) in [7, 11) is 1.61. The first-order valence-electron chi connectivity index (χ1n) is 3.00. The maximum absolute atomic E-state index is 5.38. The minimum absolute atomic E-state index is 0.364. The van der Waals surface area contributed by atoms with E-state index in [0.717, 1.165) is 0 Å². The van der Waals surface area contributed by atoms with E-state index in [1.807, 2.05) is 13.8 Å². The van der Waals surface area contributed by atoms with Gasteiger partial charge in [-0.3, -0.25) is 4.99 Å². The zero-order chi connectivity index (χ0) is 8.20. The molecule has 0 saturated heterocycles. The van der Waals surface area contributed by atoms with Crippen LogP contribution >= 0.6 is 0 Å². The lowest BCUT2D eigenvalue weighted by Crippen LogP contribution is -2.46. The Morgan fingerprint density at radius 2 is 2.20 bits per heavy atom. The molecule has 0 radical (unpaired) electrons. The number of rotatable bonds is 1. The van der Waals surface area contributed by atoms with Gasteiger partial charge in [0.2, 0.25) is 0 Å². The van der Waals surface area contributed by atoms with Crippen molar-refractivity contribution in [2.45, 2.75) is 19.4 Å². The molecule has 0 aromatic rings. The predicted molar refractivity (Wildman–Crippen MR) is 43.6 cm³/mol. The van der Waals surface area contributed by atoms with Gasteiger partial charge in [-0.2, -0.15) is 0 Å². The SMILES string of the molecule is C#CC(C)(C)NC(N)=NC. The Morgan fingerprint density at radius 1 is 1.70 bits per heavy atom. The van der Waals surface area contributed by atoms with E-state index in [0.29, 0.717) is 5.96 Å². The van der Waals surface area contributed by atoms with Crippen LogP contribution in [0.5, 0.6) is 0 Å². The van der Waals surface area contributed by atoms with Crippen molar-refractivity contribution in [3.8, 4) is 12.3 Å². The summed E-state index contributed by atoms with van der Waals surface area (Å²) in [5.74, 6) is 2.90. The number of guanidine groups is 1. The molecule has 3 heteroatoms. The maximum Gasteiger partial charge on any atom is 0.189 e. The number of hydrogen-bond donors (Lipinski definition) is 2. The molecule has 0 atom stereocenters. The highest BCUT2D eigenvalue weighted by atomic mass is 15.1. The van der Waals surface area contributed by atoms with Gasteiger partial charge in [0, 0.05) is 7.05 Å². The quantitative estimate of drug-likeness (QED) is 0.303. The van der Waals surface area contributed by atoms with Gasteiger partial charge in [0.1, 0.15) is 0 Å². The minimum atomic E-state index is -0.413. The Hall–Kier alpha value is -1.17. The first-order chi connectivity index (χ1) is 4.52. The monoisotopic (exact) mass is 139 g/mol. The second kappa shape index (κ2) is 3.11. The van der Waals surface area contributed by atoms with Gasteiger partial charge in [0.05, 0.1) is 5.54 Å². The summed E-state index contributed by atoms with van der Waals surface area (Å²) in [6.07, 6.45) is 5.19. The summed E-state index contributed by atoms with van der Waals surface area (Å²) in [5, 5.41) is 2.85. The second-order valence-electron chi connectivity index (χ2n) is 2.50. The van der Waals surface area contributed by atoms with E-state index in [4.69, 9.17) is 12.2 Å². The normalized spacial score (nSPS) is 12.4. The average molecular weight is 139 g/mol. The molecule has 0 spiro atoms.